The number of halogens is 3. The lowest BCUT2D eigenvalue weighted by Gasteiger charge is -2.32. The summed E-state index contributed by atoms with van der Waals surface area (Å²) in [7, 11) is 0. The minimum Gasteiger partial charge on any atom is -0.299 e. The van der Waals surface area contributed by atoms with Gasteiger partial charge in [-0.15, -0.1) is 0 Å². The Kier molecular flexibility index (Phi) is 4.50. The lowest BCUT2D eigenvalue weighted by atomic mass is 9.92. The van der Waals surface area contributed by atoms with Crippen LogP contribution in [-0.2, 0) is 6.42 Å². The van der Waals surface area contributed by atoms with Gasteiger partial charge in [0.2, 0.25) is 0 Å². The van der Waals surface area contributed by atoms with Gasteiger partial charge in [-0.2, -0.15) is 13.2 Å². The molecule has 2 atom stereocenters. The topological polar surface area (TPSA) is 12.0 Å². The molecule has 0 spiro atoms. The van der Waals surface area contributed by atoms with Crippen molar-refractivity contribution in [1.29, 1.82) is 0 Å². The largest absolute Gasteiger partial charge is 0.403 e. The van der Waals surface area contributed by atoms with Crippen molar-refractivity contribution in [3.63, 3.8) is 0 Å². The van der Waals surface area contributed by atoms with Gasteiger partial charge in [0, 0.05) is 6.04 Å². The molecule has 1 aromatic rings. The van der Waals surface area contributed by atoms with Crippen molar-refractivity contribution in [3.8, 4) is 0 Å². The number of hydrogen-bond acceptors (Lipinski definition) is 1. The highest BCUT2D eigenvalue weighted by Gasteiger charge is 2.42. The van der Waals surface area contributed by atoms with Gasteiger partial charge in [-0.3, -0.25) is 5.32 Å². The molecule has 1 saturated heterocycles. The van der Waals surface area contributed by atoms with Gasteiger partial charge in [-0.1, -0.05) is 37.6 Å². The number of rotatable bonds is 3. The van der Waals surface area contributed by atoms with E-state index in [0.717, 1.165) is 24.8 Å². The van der Waals surface area contributed by atoms with E-state index in [1.807, 2.05) is 24.3 Å². The second-order valence-electron chi connectivity index (χ2n) is 5.24. The maximum atomic E-state index is 12.8. The summed E-state index contributed by atoms with van der Waals surface area (Å²) >= 11 is 0. The van der Waals surface area contributed by atoms with Crippen molar-refractivity contribution in [2.75, 3.05) is 0 Å². The SMILES string of the molecule is CCCc1cccc(C2CCCC(C(F)(F)F)N2)c1. The van der Waals surface area contributed by atoms with E-state index in [1.54, 1.807) is 0 Å². The molecule has 0 bridgehead atoms. The monoisotopic (exact) mass is 271 g/mol. The van der Waals surface area contributed by atoms with Crippen molar-refractivity contribution in [1.82, 2.24) is 5.32 Å². The first-order valence-corrected chi connectivity index (χ1v) is 6.92. The fourth-order valence-corrected chi connectivity index (χ4v) is 2.71. The zero-order valence-corrected chi connectivity index (χ0v) is 11.1. The van der Waals surface area contributed by atoms with Crippen LogP contribution in [-0.4, -0.2) is 12.2 Å². The fraction of sp³-hybridized carbons (Fsp3) is 0.600. The quantitative estimate of drug-likeness (QED) is 0.860. The number of piperidine rings is 1. The van der Waals surface area contributed by atoms with E-state index in [0.29, 0.717) is 6.42 Å². The van der Waals surface area contributed by atoms with Crippen LogP contribution in [0.3, 0.4) is 0 Å². The van der Waals surface area contributed by atoms with E-state index >= 15 is 0 Å². The third-order valence-electron chi connectivity index (χ3n) is 3.68. The van der Waals surface area contributed by atoms with Crippen molar-refractivity contribution in [2.45, 2.75) is 57.3 Å². The normalized spacial score (nSPS) is 24.4. The summed E-state index contributed by atoms with van der Waals surface area (Å²) in [4.78, 5) is 0. The third-order valence-corrected chi connectivity index (χ3v) is 3.68. The lowest BCUT2D eigenvalue weighted by molar-refractivity contribution is -0.163. The predicted octanol–water partition coefficient (Wildman–Crippen LogP) is 4.38. The second-order valence-corrected chi connectivity index (χ2v) is 5.24. The molecule has 1 N–H and O–H groups in total. The van der Waals surface area contributed by atoms with Crippen LogP contribution in [0.25, 0.3) is 0 Å². The van der Waals surface area contributed by atoms with Crippen LogP contribution in [0.15, 0.2) is 24.3 Å². The molecule has 0 saturated carbocycles. The number of benzene rings is 1. The van der Waals surface area contributed by atoms with Crippen LogP contribution in [0.4, 0.5) is 13.2 Å². The molecular weight excluding hydrogens is 251 g/mol. The van der Waals surface area contributed by atoms with Gasteiger partial charge in [-0.05, 0) is 36.8 Å². The molecular formula is C15H20F3N. The minimum atomic E-state index is -4.14. The van der Waals surface area contributed by atoms with Gasteiger partial charge in [0.05, 0.1) is 0 Å². The maximum absolute atomic E-state index is 12.8. The summed E-state index contributed by atoms with van der Waals surface area (Å²) in [5.41, 5.74) is 2.19. The summed E-state index contributed by atoms with van der Waals surface area (Å²) < 4.78 is 38.3. The highest BCUT2D eigenvalue weighted by molar-refractivity contribution is 5.26. The Morgan fingerprint density at radius 2 is 2.05 bits per heavy atom. The first-order chi connectivity index (χ1) is 9.00. The zero-order chi connectivity index (χ0) is 13.9. The smallest absolute Gasteiger partial charge is 0.299 e. The summed E-state index contributed by atoms with van der Waals surface area (Å²) in [5.74, 6) is 0. The van der Waals surface area contributed by atoms with Crippen LogP contribution >= 0.6 is 0 Å². The molecule has 1 aliphatic heterocycles. The van der Waals surface area contributed by atoms with Gasteiger partial charge in [-0.25, -0.2) is 0 Å². The molecule has 1 heterocycles. The molecule has 1 aliphatic rings. The molecule has 1 fully saturated rings. The molecule has 4 heteroatoms. The number of alkyl halides is 3. The predicted molar refractivity (Wildman–Crippen MR) is 70.0 cm³/mol. The summed E-state index contributed by atoms with van der Waals surface area (Å²) in [6.45, 7) is 2.10. The average molecular weight is 271 g/mol. The van der Waals surface area contributed by atoms with E-state index in [9.17, 15) is 13.2 Å². The Balaban J connectivity index is 2.10. The number of nitrogens with one attached hydrogen (secondary N) is 1. The molecule has 1 nitrogen and oxygen atoms in total. The molecule has 2 unspecified atom stereocenters. The van der Waals surface area contributed by atoms with Crippen molar-refractivity contribution >= 4 is 0 Å². The Morgan fingerprint density at radius 1 is 1.26 bits per heavy atom. The average Bonchev–Trinajstić information content (AvgIpc) is 2.39. The van der Waals surface area contributed by atoms with Gasteiger partial charge in [0.25, 0.3) is 0 Å². The van der Waals surface area contributed by atoms with Gasteiger partial charge in [0.15, 0.2) is 0 Å². The molecule has 2 rings (SSSR count). The van der Waals surface area contributed by atoms with Crippen molar-refractivity contribution in [3.05, 3.63) is 35.4 Å². The van der Waals surface area contributed by atoms with Crippen LogP contribution in [0.5, 0.6) is 0 Å². The standard InChI is InChI=1S/C15H20F3N/c1-2-5-11-6-3-7-12(10-11)13-8-4-9-14(19-13)15(16,17)18/h3,6-7,10,13-14,19H,2,4-5,8-9H2,1H3. The molecule has 19 heavy (non-hydrogen) atoms. The number of aryl methyl sites for hydroxylation is 1. The maximum Gasteiger partial charge on any atom is 0.403 e. The van der Waals surface area contributed by atoms with E-state index in [1.165, 1.54) is 5.56 Å². The Morgan fingerprint density at radius 3 is 2.74 bits per heavy atom. The van der Waals surface area contributed by atoms with Crippen LogP contribution in [0.2, 0.25) is 0 Å². The molecule has 0 amide bonds. The lowest BCUT2D eigenvalue weighted by Crippen LogP contribution is -2.46. The molecule has 106 valence electrons. The van der Waals surface area contributed by atoms with Gasteiger partial charge in [0.1, 0.15) is 6.04 Å². The Hall–Kier alpha value is -1.03. The minimum absolute atomic E-state index is 0.169. The first kappa shape index (κ1) is 14.4. The third kappa shape index (κ3) is 3.72. The van der Waals surface area contributed by atoms with E-state index in [4.69, 9.17) is 0 Å². The fourth-order valence-electron chi connectivity index (χ4n) is 2.71. The van der Waals surface area contributed by atoms with Crippen molar-refractivity contribution < 1.29 is 13.2 Å². The first-order valence-electron chi connectivity index (χ1n) is 6.92. The Labute approximate surface area is 112 Å². The van der Waals surface area contributed by atoms with Crippen LogP contribution in [0.1, 0.15) is 49.8 Å². The Bertz CT molecular complexity index is 414. The van der Waals surface area contributed by atoms with Gasteiger partial charge < -0.3 is 0 Å². The molecule has 1 aromatic carbocycles. The highest BCUT2D eigenvalue weighted by atomic mass is 19.4. The summed E-state index contributed by atoms with van der Waals surface area (Å²) in [5, 5.41) is 2.75. The van der Waals surface area contributed by atoms with Crippen molar-refractivity contribution in [2.24, 2.45) is 0 Å². The van der Waals surface area contributed by atoms with E-state index < -0.39 is 12.2 Å². The molecule has 0 aromatic heterocycles. The number of hydrogen-bond donors (Lipinski definition) is 1. The van der Waals surface area contributed by atoms with Crippen LogP contribution < -0.4 is 5.32 Å². The van der Waals surface area contributed by atoms with Crippen LogP contribution in [0, 0.1) is 0 Å². The molecule has 0 radical (unpaired) electrons. The van der Waals surface area contributed by atoms with E-state index in [-0.39, 0.29) is 12.5 Å². The highest BCUT2D eigenvalue weighted by Crippen LogP contribution is 2.33. The van der Waals surface area contributed by atoms with E-state index in [2.05, 4.69) is 12.2 Å². The zero-order valence-electron chi connectivity index (χ0n) is 11.1. The summed E-state index contributed by atoms with van der Waals surface area (Å²) in [6.07, 6.45) is -0.521. The second kappa shape index (κ2) is 5.95. The molecule has 0 aliphatic carbocycles. The van der Waals surface area contributed by atoms with Gasteiger partial charge >= 0.3 is 6.18 Å². The summed E-state index contributed by atoms with van der Waals surface area (Å²) in [6, 6.07) is 6.42.